The molecule has 0 spiro atoms. The topological polar surface area (TPSA) is 95.9 Å². The van der Waals surface area contributed by atoms with Crippen molar-refractivity contribution in [2.45, 2.75) is 463 Å². The lowest BCUT2D eigenvalue weighted by Gasteiger charge is -2.20. The summed E-state index contributed by atoms with van der Waals surface area (Å²) >= 11 is 0. The first kappa shape index (κ1) is 84.3. The summed E-state index contributed by atoms with van der Waals surface area (Å²) in [4.78, 5) is 24.6. The van der Waals surface area contributed by atoms with Gasteiger partial charge in [0.15, 0.2) is 0 Å². The maximum Gasteiger partial charge on any atom is 0.305 e. The molecule has 2 unspecified atom stereocenters. The first-order valence-electron chi connectivity index (χ1n) is 39.6. The van der Waals surface area contributed by atoms with Crippen molar-refractivity contribution in [2.24, 2.45) is 0 Å². The zero-order valence-corrected chi connectivity index (χ0v) is 58.6. The van der Waals surface area contributed by atoms with Crippen molar-refractivity contribution >= 4 is 11.9 Å². The molecule has 0 radical (unpaired) electrons. The molecule has 86 heavy (non-hydrogen) atoms. The van der Waals surface area contributed by atoms with Crippen LogP contribution in [0.25, 0.3) is 0 Å². The predicted octanol–water partition coefficient (Wildman–Crippen LogP) is 26.0. The van der Waals surface area contributed by atoms with Crippen LogP contribution in [0.1, 0.15) is 450 Å². The van der Waals surface area contributed by atoms with Crippen LogP contribution in [0.4, 0.5) is 0 Å². The highest BCUT2D eigenvalue weighted by molar-refractivity contribution is 5.76. The lowest BCUT2D eigenvalue weighted by atomic mass is 10.0. The summed E-state index contributed by atoms with van der Waals surface area (Å²) in [6.07, 6.45) is 97.3. The lowest BCUT2D eigenvalue weighted by molar-refractivity contribution is -0.143. The van der Waals surface area contributed by atoms with Crippen molar-refractivity contribution in [2.75, 3.05) is 13.2 Å². The summed E-state index contributed by atoms with van der Waals surface area (Å²) in [7, 11) is 0. The molecule has 0 fully saturated rings. The Labute approximate surface area is 539 Å². The van der Waals surface area contributed by atoms with Crippen molar-refractivity contribution in [3.63, 3.8) is 0 Å². The fourth-order valence-electron chi connectivity index (χ4n) is 12.7. The third-order valence-electron chi connectivity index (χ3n) is 18.7. The second kappa shape index (κ2) is 75.8. The smallest absolute Gasteiger partial charge is 0.305 e. The molecular formula is C80H155NO5. The van der Waals surface area contributed by atoms with Crippen molar-refractivity contribution in [3.05, 3.63) is 24.3 Å². The molecule has 1 amide bonds. The maximum absolute atomic E-state index is 12.5. The number of unbranched alkanes of at least 4 members (excludes halogenated alkanes) is 62. The van der Waals surface area contributed by atoms with Gasteiger partial charge in [-0.05, 0) is 57.8 Å². The van der Waals surface area contributed by atoms with Gasteiger partial charge in [0.25, 0.3) is 0 Å². The summed E-state index contributed by atoms with van der Waals surface area (Å²) in [6, 6.07) is -0.626. The van der Waals surface area contributed by atoms with Crippen LogP contribution < -0.4 is 5.32 Å². The molecule has 0 aliphatic carbocycles. The second-order valence-electron chi connectivity index (χ2n) is 27.4. The number of rotatable bonds is 75. The summed E-state index contributed by atoms with van der Waals surface area (Å²) < 4.78 is 5.49. The number of esters is 1. The number of ether oxygens (including phenoxy) is 1. The highest BCUT2D eigenvalue weighted by Crippen LogP contribution is 2.20. The van der Waals surface area contributed by atoms with Gasteiger partial charge in [0.2, 0.25) is 5.91 Å². The van der Waals surface area contributed by atoms with Gasteiger partial charge in [-0.15, -0.1) is 0 Å². The standard InChI is InChI=1S/C80H155NO5/c1-3-5-7-9-11-13-15-17-18-19-20-21-37-40-43-46-49-52-56-60-64-68-72-78(83)77(76-82)81-79(84)73-69-65-61-57-53-50-47-44-41-38-35-33-31-29-27-25-23-22-24-26-28-30-32-34-36-39-42-45-48-51-55-59-63-67-71-75-86-80(85)74-70-66-62-58-54-16-14-12-10-8-6-4-2/h24,26,68,72,77-78,82-83H,3-23,25,27-67,69-71,73-76H2,1-2H3,(H,81,84)/b26-24-,72-68+. The van der Waals surface area contributed by atoms with Crippen molar-refractivity contribution in [3.8, 4) is 0 Å². The monoisotopic (exact) mass is 1210 g/mol. The molecule has 6 heteroatoms. The minimum atomic E-state index is -0.843. The van der Waals surface area contributed by atoms with Crippen LogP contribution in [0.2, 0.25) is 0 Å². The van der Waals surface area contributed by atoms with Gasteiger partial charge in [-0.3, -0.25) is 9.59 Å². The molecule has 0 aromatic rings. The third kappa shape index (κ3) is 71.4. The van der Waals surface area contributed by atoms with Gasteiger partial charge in [-0.2, -0.15) is 0 Å². The Kier molecular flexibility index (Phi) is 74.3. The molecule has 3 N–H and O–H groups in total. The molecule has 2 atom stereocenters. The molecule has 0 bridgehead atoms. The SMILES string of the molecule is CCCCCCCCCCCCCCCCCCCCCC/C=C/C(O)C(CO)NC(=O)CCCCCCCCCCCCCCCCCCC/C=C\CCCCCCCCCCCCCCCCOC(=O)CCCCCCCCCCCCCC. The van der Waals surface area contributed by atoms with E-state index in [2.05, 4.69) is 31.3 Å². The van der Waals surface area contributed by atoms with Gasteiger partial charge in [0.05, 0.1) is 25.4 Å². The molecule has 6 nitrogen and oxygen atoms in total. The van der Waals surface area contributed by atoms with Gasteiger partial charge >= 0.3 is 5.97 Å². The van der Waals surface area contributed by atoms with Crippen molar-refractivity contribution in [1.82, 2.24) is 5.32 Å². The molecule has 0 saturated carbocycles. The van der Waals surface area contributed by atoms with Gasteiger partial charge in [0, 0.05) is 12.8 Å². The van der Waals surface area contributed by atoms with Gasteiger partial charge in [0.1, 0.15) is 0 Å². The number of aliphatic hydroxyl groups excluding tert-OH is 2. The van der Waals surface area contributed by atoms with Crippen molar-refractivity contribution < 1.29 is 24.5 Å². The maximum atomic E-state index is 12.5. The lowest BCUT2D eigenvalue weighted by Crippen LogP contribution is -2.45. The Balaban J connectivity index is 3.36. The van der Waals surface area contributed by atoms with E-state index in [4.69, 9.17) is 4.74 Å². The number of amides is 1. The normalized spacial score (nSPS) is 12.6. The van der Waals surface area contributed by atoms with E-state index in [-0.39, 0.29) is 18.5 Å². The summed E-state index contributed by atoms with van der Waals surface area (Å²) in [5.41, 5.74) is 0. The first-order chi connectivity index (χ1) is 42.5. The third-order valence-corrected chi connectivity index (χ3v) is 18.7. The Hall–Kier alpha value is -1.66. The second-order valence-corrected chi connectivity index (χ2v) is 27.4. The molecule has 0 aromatic heterocycles. The predicted molar refractivity (Wildman–Crippen MR) is 380 cm³/mol. The first-order valence-corrected chi connectivity index (χ1v) is 39.6. The number of carbonyl (C=O) groups is 2. The van der Waals surface area contributed by atoms with Crippen LogP contribution in [-0.2, 0) is 14.3 Å². The van der Waals surface area contributed by atoms with E-state index < -0.39 is 12.1 Å². The van der Waals surface area contributed by atoms with Crippen LogP contribution in [0, 0.1) is 0 Å². The van der Waals surface area contributed by atoms with E-state index in [0.29, 0.717) is 19.4 Å². The summed E-state index contributed by atoms with van der Waals surface area (Å²) in [5, 5.41) is 23.3. The number of nitrogens with one attached hydrogen (secondary N) is 1. The van der Waals surface area contributed by atoms with Crippen LogP contribution >= 0.6 is 0 Å². The minimum Gasteiger partial charge on any atom is -0.466 e. The number of hydrogen-bond donors (Lipinski definition) is 3. The molecule has 0 heterocycles. The molecule has 0 aromatic carbocycles. The summed E-state index contributed by atoms with van der Waals surface area (Å²) in [5.74, 6) is -0.0378. The Morgan fingerprint density at radius 3 is 0.826 bits per heavy atom. The van der Waals surface area contributed by atoms with Crippen LogP contribution in [0.3, 0.4) is 0 Å². The van der Waals surface area contributed by atoms with E-state index in [1.165, 1.54) is 385 Å². The van der Waals surface area contributed by atoms with Crippen LogP contribution in [0.15, 0.2) is 24.3 Å². The highest BCUT2D eigenvalue weighted by Gasteiger charge is 2.18. The van der Waals surface area contributed by atoms with E-state index >= 15 is 0 Å². The number of allylic oxidation sites excluding steroid dienone is 3. The average molecular weight is 1210 g/mol. The van der Waals surface area contributed by atoms with E-state index in [0.717, 1.165) is 38.5 Å². The molecule has 510 valence electrons. The number of hydrogen-bond acceptors (Lipinski definition) is 5. The van der Waals surface area contributed by atoms with Gasteiger partial charge in [-0.25, -0.2) is 0 Å². The fraction of sp³-hybridized carbons (Fsp3) is 0.925. The zero-order valence-electron chi connectivity index (χ0n) is 58.6. The van der Waals surface area contributed by atoms with Crippen LogP contribution in [-0.4, -0.2) is 47.4 Å². The molecule has 0 saturated heterocycles. The molecule has 0 aliphatic heterocycles. The fourth-order valence-corrected chi connectivity index (χ4v) is 12.7. The average Bonchev–Trinajstić information content (AvgIpc) is 3.59. The number of carbonyl (C=O) groups excluding carboxylic acids is 2. The van der Waals surface area contributed by atoms with E-state index in [1.54, 1.807) is 6.08 Å². The van der Waals surface area contributed by atoms with E-state index in [1.807, 2.05) is 6.08 Å². The van der Waals surface area contributed by atoms with Gasteiger partial charge in [-0.1, -0.05) is 404 Å². The van der Waals surface area contributed by atoms with Crippen molar-refractivity contribution in [1.29, 1.82) is 0 Å². The Bertz CT molecular complexity index is 1350. The molecule has 0 aliphatic rings. The highest BCUT2D eigenvalue weighted by atomic mass is 16.5. The Morgan fingerprint density at radius 2 is 0.547 bits per heavy atom. The molecule has 0 rings (SSSR count). The van der Waals surface area contributed by atoms with E-state index in [9.17, 15) is 19.8 Å². The number of aliphatic hydroxyl groups is 2. The summed E-state index contributed by atoms with van der Waals surface area (Å²) in [6.45, 7) is 4.96. The zero-order chi connectivity index (χ0) is 62.0. The quantitative estimate of drug-likeness (QED) is 0.0320. The van der Waals surface area contributed by atoms with Gasteiger partial charge < -0.3 is 20.3 Å². The largest absolute Gasteiger partial charge is 0.466 e. The minimum absolute atomic E-state index is 0.0215. The van der Waals surface area contributed by atoms with Crippen LogP contribution in [0.5, 0.6) is 0 Å². The Morgan fingerprint density at radius 1 is 0.314 bits per heavy atom. The molecular weight excluding hydrogens is 1050 g/mol.